The SMILES string of the molecule is N#Cc1ccc(-n2ccc3c[c]ccc32)cc1. The van der Waals surface area contributed by atoms with E-state index in [1.165, 1.54) is 0 Å². The molecular weight excluding hydrogens is 208 g/mol. The third-order valence-electron chi connectivity index (χ3n) is 2.81. The Morgan fingerprint density at radius 1 is 1.06 bits per heavy atom. The lowest BCUT2D eigenvalue weighted by molar-refractivity contribution is 1.13. The highest BCUT2D eigenvalue weighted by Gasteiger charge is 2.01. The van der Waals surface area contributed by atoms with Gasteiger partial charge in [-0.05, 0) is 48.5 Å². The van der Waals surface area contributed by atoms with E-state index in [1.54, 1.807) is 0 Å². The molecule has 0 aliphatic rings. The van der Waals surface area contributed by atoms with E-state index in [1.807, 2.05) is 48.7 Å². The van der Waals surface area contributed by atoms with E-state index in [0.29, 0.717) is 5.56 Å². The average molecular weight is 217 g/mol. The first-order valence-corrected chi connectivity index (χ1v) is 5.36. The fourth-order valence-corrected chi connectivity index (χ4v) is 1.94. The Morgan fingerprint density at radius 2 is 1.88 bits per heavy atom. The highest BCUT2D eigenvalue weighted by atomic mass is 15.0. The Kier molecular flexibility index (Phi) is 2.16. The molecule has 1 radical (unpaired) electrons. The van der Waals surface area contributed by atoms with Gasteiger partial charge in [0.15, 0.2) is 0 Å². The van der Waals surface area contributed by atoms with E-state index in [4.69, 9.17) is 5.26 Å². The van der Waals surface area contributed by atoms with Crippen LogP contribution in [0.1, 0.15) is 5.56 Å². The number of nitrogens with zero attached hydrogens (tertiary/aromatic N) is 2. The minimum absolute atomic E-state index is 0.679. The average Bonchev–Trinajstić information content (AvgIpc) is 2.83. The third kappa shape index (κ3) is 1.58. The van der Waals surface area contributed by atoms with Crippen molar-refractivity contribution in [3.8, 4) is 11.8 Å². The number of hydrogen-bond acceptors (Lipinski definition) is 1. The summed E-state index contributed by atoms with van der Waals surface area (Å²) in [5, 5.41) is 9.93. The third-order valence-corrected chi connectivity index (χ3v) is 2.81. The molecule has 0 saturated heterocycles. The highest BCUT2D eigenvalue weighted by Crippen LogP contribution is 2.20. The van der Waals surface area contributed by atoms with Gasteiger partial charge in [-0.1, -0.05) is 6.07 Å². The monoisotopic (exact) mass is 217 g/mol. The van der Waals surface area contributed by atoms with Crippen molar-refractivity contribution >= 4 is 10.9 Å². The summed E-state index contributed by atoms with van der Waals surface area (Å²) in [6.07, 6.45) is 2.03. The lowest BCUT2D eigenvalue weighted by Crippen LogP contribution is -1.91. The molecule has 0 bridgehead atoms. The van der Waals surface area contributed by atoms with Crippen molar-refractivity contribution < 1.29 is 0 Å². The molecule has 0 aliphatic heterocycles. The molecule has 79 valence electrons. The molecule has 0 amide bonds. The van der Waals surface area contributed by atoms with Crippen LogP contribution in [0.5, 0.6) is 0 Å². The van der Waals surface area contributed by atoms with Crippen LogP contribution in [-0.4, -0.2) is 4.57 Å². The molecule has 0 unspecified atom stereocenters. The molecule has 0 fully saturated rings. The van der Waals surface area contributed by atoms with Crippen LogP contribution < -0.4 is 0 Å². The fourth-order valence-electron chi connectivity index (χ4n) is 1.94. The Labute approximate surface area is 99.3 Å². The van der Waals surface area contributed by atoms with Gasteiger partial charge in [0, 0.05) is 17.3 Å². The number of fused-ring (bicyclic) bond motifs is 1. The van der Waals surface area contributed by atoms with E-state index >= 15 is 0 Å². The van der Waals surface area contributed by atoms with Crippen LogP contribution in [0.25, 0.3) is 16.6 Å². The molecule has 0 saturated carbocycles. The van der Waals surface area contributed by atoms with Crippen molar-refractivity contribution in [1.82, 2.24) is 4.57 Å². The summed E-state index contributed by atoms with van der Waals surface area (Å²) in [6.45, 7) is 0. The molecule has 2 nitrogen and oxygen atoms in total. The van der Waals surface area contributed by atoms with Crippen LogP contribution in [0.2, 0.25) is 0 Å². The summed E-state index contributed by atoms with van der Waals surface area (Å²) in [5.74, 6) is 0. The second kappa shape index (κ2) is 3.80. The number of benzene rings is 2. The maximum Gasteiger partial charge on any atom is 0.0991 e. The quantitative estimate of drug-likeness (QED) is 0.614. The predicted octanol–water partition coefficient (Wildman–Crippen LogP) is 3.30. The van der Waals surface area contributed by atoms with Gasteiger partial charge < -0.3 is 4.57 Å². The maximum absolute atomic E-state index is 8.77. The van der Waals surface area contributed by atoms with Gasteiger partial charge in [0.25, 0.3) is 0 Å². The molecule has 0 atom stereocenters. The smallest absolute Gasteiger partial charge is 0.0991 e. The second-order valence-corrected chi connectivity index (χ2v) is 3.83. The molecule has 2 heteroatoms. The van der Waals surface area contributed by atoms with Crippen LogP contribution in [0.15, 0.2) is 54.7 Å². The normalized spacial score (nSPS) is 10.3. The van der Waals surface area contributed by atoms with Crippen LogP contribution in [0, 0.1) is 17.4 Å². The zero-order valence-electron chi connectivity index (χ0n) is 9.09. The van der Waals surface area contributed by atoms with E-state index in [-0.39, 0.29) is 0 Å². The molecule has 1 heterocycles. The summed E-state index contributed by atoms with van der Waals surface area (Å²) in [7, 11) is 0. The van der Waals surface area contributed by atoms with Gasteiger partial charge >= 0.3 is 0 Å². The van der Waals surface area contributed by atoms with Gasteiger partial charge in [0.1, 0.15) is 0 Å². The van der Waals surface area contributed by atoms with Crippen molar-refractivity contribution in [2.75, 3.05) is 0 Å². The largest absolute Gasteiger partial charge is 0.317 e. The van der Waals surface area contributed by atoms with Crippen LogP contribution in [0.3, 0.4) is 0 Å². The van der Waals surface area contributed by atoms with Crippen LogP contribution in [0.4, 0.5) is 0 Å². The first-order chi connectivity index (χ1) is 8.38. The molecule has 3 aromatic rings. The molecule has 17 heavy (non-hydrogen) atoms. The second-order valence-electron chi connectivity index (χ2n) is 3.83. The molecular formula is C15H9N2. The summed E-state index contributed by atoms with van der Waals surface area (Å²) in [4.78, 5) is 0. The maximum atomic E-state index is 8.77. The Hall–Kier alpha value is -2.53. The lowest BCUT2D eigenvalue weighted by atomic mass is 10.2. The Balaban J connectivity index is 2.17. The summed E-state index contributed by atoms with van der Waals surface area (Å²) in [6, 6.07) is 20.7. The molecule has 0 spiro atoms. The van der Waals surface area contributed by atoms with E-state index in [0.717, 1.165) is 16.6 Å². The summed E-state index contributed by atoms with van der Waals surface area (Å²) >= 11 is 0. The van der Waals surface area contributed by atoms with Crippen molar-refractivity contribution in [3.05, 3.63) is 66.4 Å². The minimum Gasteiger partial charge on any atom is -0.317 e. The molecule has 3 rings (SSSR count). The zero-order valence-corrected chi connectivity index (χ0v) is 9.09. The number of aromatic nitrogens is 1. The zero-order chi connectivity index (χ0) is 11.7. The van der Waals surface area contributed by atoms with Crippen molar-refractivity contribution in [3.63, 3.8) is 0 Å². The van der Waals surface area contributed by atoms with E-state index in [2.05, 4.69) is 22.8 Å². The first-order valence-electron chi connectivity index (χ1n) is 5.36. The first kappa shape index (κ1) is 9.68. The topological polar surface area (TPSA) is 28.7 Å². The van der Waals surface area contributed by atoms with Gasteiger partial charge in [0.2, 0.25) is 0 Å². The van der Waals surface area contributed by atoms with Gasteiger partial charge in [-0.3, -0.25) is 0 Å². The summed E-state index contributed by atoms with van der Waals surface area (Å²) in [5.41, 5.74) is 2.89. The van der Waals surface area contributed by atoms with Crippen LogP contribution in [-0.2, 0) is 0 Å². The standard InChI is InChI=1S/C15H9N2/c16-11-12-5-7-14(8-6-12)17-10-9-13-3-1-2-4-15(13)17/h2-10H. The van der Waals surface area contributed by atoms with Gasteiger partial charge in [-0.25, -0.2) is 0 Å². The molecule has 2 aromatic carbocycles. The van der Waals surface area contributed by atoms with E-state index < -0.39 is 0 Å². The molecule has 0 N–H and O–H groups in total. The van der Waals surface area contributed by atoms with Crippen LogP contribution >= 0.6 is 0 Å². The Morgan fingerprint density at radius 3 is 2.65 bits per heavy atom. The van der Waals surface area contributed by atoms with Gasteiger partial charge in [-0.15, -0.1) is 0 Å². The fraction of sp³-hybridized carbons (Fsp3) is 0. The van der Waals surface area contributed by atoms with Gasteiger partial charge in [0.05, 0.1) is 17.1 Å². The number of nitriles is 1. The number of hydrogen-bond donors (Lipinski definition) is 0. The predicted molar refractivity (Wildman–Crippen MR) is 66.8 cm³/mol. The number of rotatable bonds is 1. The lowest BCUT2D eigenvalue weighted by Gasteiger charge is -2.04. The summed E-state index contributed by atoms with van der Waals surface area (Å²) < 4.78 is 2.10. The molecule has 1 aromatic heterocycles. The van der Waals surface area contributed by atoms with E-state index in [9.17, 15) is 0 Å². The van der Waals surface area contributed by atoms with Crippen molar-refractivity contribution in [2.45, 2.75) is 0 Å². The molecule has 0 aliphatic carbocycles. The van der Waals surface area contributed by atoms with Crippen molar-refractivity contribution in [2.24, 2.45) is 0 Å². The minimum atomic E-state index is 0.679. The van der Waals surface area contributed by atoms with Crippen molar-refractivity contribution in [1.29, 1.82) is 5.26 Å². The Bertz CT molecular complexity index is 700. The highest BCUT2D eigenvalue weighted by molar-refractivity contribution is 5.81. The van der Waals surface area contributed by atoms with Gasteiger partial charge in [-0.2, -0.15) is 5.26 Å².